The van der Waals surface area contributed by atoms with E-state index in [0.717, 1.165) is 39.2 Å². The topological polar surface area (TPSA) is 64.5 Å². The molecule has 0 N–H and O–H groups in total. The van der Waals surface area contributed by atoms with Gasteiger partial charge < -0.3 is 0 Å². The van der Waals surface area contributed by atoms with Gasteiger partial charge in [-0.15, -0.1) is 0 Å². The Morgan fingerprint density at radius 1 is 0.352 bits per heavy atom. The zero-order chi connectivity index (χ0) is 36.6. The van der Waals surface area contributed by atoms with E-state index in [1.165, 1.54) is 44.5 Å². The molecule has 0 radical (unpaired) electrons. The quantitative estimate of drug-likeness (QED) is 0.179. The molecule has 2 aliphatic carbocycles. The number of nitrogens with zero attached hydrogens (tertiary/aromatic N) is 5. The average Bonchev–Trinajstić information content (AvgIpc) is 3.60. The summed E-state index contributed by atoms with van der Waals surface area (Å²) in [5.74, 6) is 1.86. The van der Waals surface area contributed by atoms with Crippen molar-refractivity contribution < 1.29 is 0 Å². The molecule has 0 unspecified atom stereocenters. The molecule has 5 heteroatoms. The molecule has 54 heavy (non-hydrogen) atoms. The zero-order valence-corrected chi connectivity index (χ0v) is 30.7. The molecule has 3 heterocycles. The first-order valence-electron chi connectivity index (χ1n) is 18.5. The van der Waals surface area contributed by atoms with Crippen LogP contribution in [0.25, 0.3) is 78.9 Å². The van der Waals surface area contributed by atoms with Crippen molar-refractivity contribution >= 4 is 0 Å². The number of fused-ring (bicyclic) bond motifs is 6. The number of aromatic nitrogens is 5. The summed E-state index contributed by atoms with van der Waals surface area (Å²) in [5.41, 5.74) is 16.3. The predicted octanol–water partition coefficient (Wildman–Crippen LogP) is 11.6. The average molecular weight is 696 g/mol. The van der Waals surface area contributed by atoms with Crippen LogP contribution in [-0.4, -0.2) is 24.9 Å². The normalized spacial score (nSPS) is 14.2. The van der Waals surface area contributed by atoms with Gasteiger partial charge in [0, 0.05) is 51.0 Å². The molecule has 0 bridgehead atoms. The predicted molar refractivity (Wildman–Crippen MR) is 218 cm³/mol. The van der Waals surface area contributed by atoms with E-state index < -0.39 is 0 Å². The first-order chi connectivity index (χ1) is 26.3. The van der Waals surface area contributed by atoms with E-state index in [-0.39, 0.29) is 10.8 Å². The van der Waals surface area contributed by atoms with Crippen molar-refractivity contribution in [3.05, 3.63) is 174 Å². The highest BCUT2D eigenvalue weighted by molar-refractivity contribution is 5.92. The highest BCUT2D eigenvalue weighted by Gasteiger charge is 2.38. The second-order valence-corrected chi connectivity index (χ2v) is 15.4. The summed E-state index contributed by atoms with van der Waals surface area (Å²) in [4.78, 5) is 25.4. The van der Waals surface area contributed by atoms with Crippen molar-refractivity contribution in [2.45, 2.75) is 38.5 Å². The van der Waals surface area contributed by atoms with Crippen molar-refractivity contribution in [3.8, 4) is 78.9 Å². The first kappa shape index (κ1) is 32.1. The molecule has 0 atom stereocenters. The van der Waals surface area contributed by atoms with E-state index in [4.69, 9.17) is 24.9 Å². The fourth-order valence-electron chi connectivity index (χ4n) is 8.67. The van der Waals surface area contributed by atoms with Gasteiger partial charge in [-0.25, -0.2) is 15.0 Å². The van der Waals surface area contributed by atoms with Crippen molar-refractivity contribution in [2.75, 3.05) is 0 Å². The maximum Gasteiger partial charge on any atom is 0.164 e. The van der Waals surface area contributed by atoms with Crippen LogP contribution < -0.4 is 0 Å². The lowest BCUT2D eigenvalue weighted by atomic mass is 9.82. The van der Waals surface area contributed by atoms with Crippen molar-refractivity contribution in [2.24, 2.45) is 0 Å². The summed E-state index contributed by atoms with van der Waals surface area (Å²) in [5, 5.41) is 0. The molecular weight excluding hydrogens is 659 g/mol. The number of pyridine rings is 2. The summed E-state index contributed by atoms with van der Waals surface area (Å²) in [6, 6.07) is 49.1. The standard InChI is InChI=1S/C49H37N5/c1-48(2)38-17-7-5-14-34(38)37-29-30(22-23-40(37)48)45-52-46(33-27-31(42-20-9-11-24-50-42)26-32(28-33)43-21-10-12-25-51-43)54-47(53-45)36-16-13-19-41-44(36)35-15-6-8-18-39(35)49(41,3)4/h5-29H,1-4H3. The minimum Gasteiger partial charge on any atom is -0.256 e. The third-order valence-corrected chi connectivity index (χ3v) is 11.4. The van der Waals surface area contributed by atoms with E-state index in [9.17, 15) is 0 Å². The zero-order valence-electron chi connectivity index (χ0n) is 30.7. The van der Waals surface area contributed by atoms with Gasteiger partial charge in [-0.3, -0.25) is 9.97 Å². The molecule has 0 saturated carbocycles. The maximum absolute atomic E-state index is 5.34. The minimum atomic E-state index is -0.157. The van der Waals surface area contributed by atoms with Crippen LogP contribution >= 0.6 is 0 Å². The van der Waals surface area contributed by atoms with Gasteiger partial charge in [-0.2, -0.15) is 0 Å². The Bertz CT molecular complexity index is 2710. The van der Waals surface area contributed by atoms with Gasteiger partial charge >= 0.3 is 0 Å². The molecule has 10 rings (SSSR count). The van der Waals surface area contributed by atoms with Gasteiger partial charge in [0.25, 0.3) is 0 Å². The SMILES string of the molecule is CC1(C)c2ccccc2-c2cc(-c3nc(-c4cc(-c5ccccn5)cc(-c5ccccn5)c4)nc(-c4cccc5c4-c4ccccc4C5(C)C)n3)ccc21. The van der Waals surface area contributed by atoms with Gasteiger partial charge in [0.05, 0.1) is 11.4 Å². The third-order valence-electron chi connectivity index (χ3n) is 11.4. The molecule has 5 aromatic carbocycles. The fraction of sp³-hybridized carbons (Fsp3) is 0.122. The van der Waals surface area contributed by atoms with E-state index in [0.29, 0.717) is 17.5 Å². The summed E-state index contributed by atoms with van der Waals surface area (Å²) in [6.45, 7) is 9.22. The van der Waals surface area contributed by atoms with E-state index in [2.05, 4.69) is 131 Å². The van der Waals surface area contributed by atoms with Crippen LogP contribution in [0.4, 0.5) is 0 Å². The van der Waals surface area contributed by atoms with E-state index in [1.807, 2.05) is 48.8 Å². The summed E-state index contributed by atoms with van der Waals surface area (Å²) >= 11 is 0. The molecule has 5 nitrogen and oxygen atoms in total. The molecule has 3 aromatic heterocycles. The van der Waals surface area contributed by atoms with Crippen LogP contribution in [0.5, 0.6) is 0 Å². The Morgan fingerprint density at radius 2 is 0.852 bits per heavy atom. The van der Waals surface area contributed by atoms with E-state index in [1.54, 1.807) is 0 Å². The lowest BCUT2D eigenvalue weighted by molar-refractivity contribution is 0.660. The molecule has 0 fully saturated rings. The van der Waals surface area contributed by atoms with Crippen LogP contribution in [0.15, 0.2) is 152 Å². The summed E-state index contributed by atoms with van der Waals surface area (Å²) in [7, 11) is 0. The van der Waals surface area contributed by atoms with Gasteiger partial charge in [0.1, 0.15) is 0 Å². The fourth-order valence-corrected chi connectivity index (χ4v) is 8.67. The van der Waals surface area contributed by atoms with Crippen LogP contribution in [0, 0.1) is 0 Å². The number of rotatable bonds is 5. The Hall–Kier alpha value is -6.59. The molecule has 2 aliphatic rings. The smallest absolute Gasteiger partial charge is 0.164 e. The Morgan fingerprint density at radius 3 is 1.52 bits per heavy atom. The van der Waals surface area contributed by atoms with Gasteiger partial charge in [-0.1, -0.05) is 119 Å². The highest BCUT2D eigenvalue weighted by atomic mass is 15.0. The Balaban J connectivity index is 1.23. The van der Waals surface area contributed by atoms with Crippen molar-refractivity contribution in [3.63, 3.8) is 0 Å². The summed E-state index contributed by atoms with van der Waals surface area (Å²) in [6.07, 6.45) is 3.65. The van der Waals surface area contributed by atoms with Crippen LogP contribution in [0.3, 0.4) is 0 Å². The molecule has 0 amide bonds. The number of hydrogen-bond acceptors (Lipinski definition) is 5. The molecule has 258 valence electrons. The second kappa shape index (κ2) is 12.0. The van der Waals surface area contributed by atoms with E-state index >= 15 is 0 Å². The largest absolute Gasteiger partial charge is 0.256 e. The maximum atomic E-state index is 5.34. The number of hydrogen-bond donors (Lipinski definition) is 0. The highest BCUT2D eigenvalue weighted by Crippen LogP contribution is 2.52. The third kappa shape index (κ3) is 4.96. The van der Waals surface area contributed by atoms with Crippen LogP contribution in [0.1, 0.15) is 49.9 Å². The minimum absolute atomic E-state index is 0.0988. The van der Waals surface area contributed by atoms with Gasteiger partial charge in [-0.05, 0) is 93.0 Å². The molecule has 8 aromatic rings. The van der Waals surface area contributed by atoms with Crippen LogP contribution in [-0.2, 0) is 10.8 Å². The molecule has 0 saturated heterocycles. The van der Waals surface area contributed by atoms with Crippen LogP contribution in [0.2, 0.25) is 0 Å². The van der Waals surface area contributed by atoms with Crippen molar-refractivity contribution in [1.82, 2.24) is 24.9 Å². The van der Waals surface area contributed by atoms with Gasteiger partial charge in [0.2, 0.25) is 0 Å². The molecular formula is C49H37N5. The molecule has 0 spiro atoms. The summed E-state index contributed by atoms with van der Waals surface area (Å²) < 4.78 is 0. The lowest BCUT2D eigenvalue weighted by Gasteiger charge is -2.21. The molecule has 0 aliphatic heterocycles. The Kier molecular flexibility index (Phi) is 7.11. The lowest BCUT2D eigenvalue weighted by Crippen LogP contribution is -2.14. The van der Waals surface area contributed by atoms with Crippen molar-refractivity contribution in [1.29, 1.82) is 0 Å². The van der Waals surface area contributed by atoms with Gasteiger partial charge in [0.15, 0.2) is 17.5 Å². The monoisotopic (exact) mass is 695 g/mol. The first-order valence-corrected chi connectivity index (χ1v) is 18.5. The number of benzene rings is 5. The second-order valence-electron chi connectivity index (χ2n) is 15.4. The Labute approximate surface area is 315 Å².